The van der Waals surface area contributed by atoms with Crippen LogP contribution in [0, 0.1) is 0 Å². The van der Waals surface area contributed by atoms with Gasteiger partial charge < -0.3 is 5.11 Å². The van der Waals surface area contributed by atoms with Crippen LogP contribution in [0.2, 0.25) is 0 Å². The number of rotatable bonds is 4. The highest BCUT2D eigenvalue weighted by molar-refractivity contribution is 8.00. The van der Waals surface area contributed by atoms with Crippen LogP contribution in [-0.4, -0.2) is 28.1 Å². The summed E-state index contributed by atoms with van der Waals surface area (Å²) in [5, 5.41) is 8.60. The molecule has 0 radical (unpaired) electrons. The van der Waals surface area contributed by atoms with Gasteiger partial charge in [-0.3, -0.25) is 9.59 Å². The monoisotopic (exact) mass is 327 g/mol. The Bertz CT molecular complexity index is 775. The first-order valence-corrected chi connectivity index (χ1v) is 7.86. The molecule has 23 heavy (non-hydrogen) atoms. The molecule has 0 spiro atoms. The number of aromatic carboxylic acids is 1. The molecule has 0 aliphatic carbocycles. The van der Waals surface area contributed by atoms with Crippen molar-refractivity contribution in [1.29, 1.82) is 0 Å². The summed E-state index contributed by atoms with van der Waals surface area (Å²) in [5.41, 5.74) is 0.674. The predicted octanol–water partition coefficient (Wildman–Crippen LogP) is 2.81. The Labute approximate surface area is 136 Å². The summed E-state index contributed by atoms with van der Waals surface area (Å²) >= 11 is 1.12. The lowest BCUT2D eigenvalue weighted by atomic mass is 10.2. The van der Waals surface area contributed by atoms with Gasteiger partial charge in [-0.25, -0.2) is 9.69 Å². The third kappa shape index (κ3) is 2.98. The number of hydrogen-bond acceptors (Lipinski definition) is 4. The number of anilines is 1. The van der Waals surface area contributed by atoms with Crippen molar-refractivity contribution in [3.05, 3.63) is 60.2 Å². The molecular weight excluding hydrogens is 314 g/mol. The van der Waals surface area contributed by atoms with Gasteiger partial charge in [0.25, 0.3) is 0 Å². The molecule has 2 aromatic carbocycles. The molecule has 1 saturated heterocycles. The Balaban J connectivity index is 1.85. The third-order valence-corrected chi connectivity index (χ3v) is 4.77. The summed E-state index contributed by atoms with van der Waals surface area (Å²) in [5.74, 6) is -1.64. The molecule has 0 unspecified atom stereocenters. The molecule has 6 heteroatoms. The maximum absolute atomic E-state index is 12.5. The topological polar surface area (TPSA) is 74.7 Å². The Morgan fingerprint density at radius 1 is 1.04 bits per heavy atom. The number of thioether (sulfide) groups is 1. The first-order chi connectivity index (χ1) is 11.1. The summed E-state index contributed by atoms with van der Waals surface area (Å²) in [6.07, 6.45) is 0.0619. The minimum Gasteiger partial charge on any atom is -0.478 e. The highest BCUT2D eigenvalue weighted by atomic mass is 32.2. The van der Waals surface area contributed by atoms with Crippen LogP contribution in [0.3, 0.4) is 0 Å². The van der Waals surface area contributed by atoms with Crippen LogP contribution in [0.4, 0.5) is 5.69 Å². The van der Waals surface area contributed by atoms with Crippen molar-refractivity contribution in [2.75, 3.05) is 4.90 Å². The summed E-state index contributed by atoms with van der Waals surface area (Å²) in [6.45, 7) is 0. The number of carboxylic acids is 1. The van der Waals surface area contributed by atoms with Crippen molar-refractivity contribution in [1.82, 2.24) is 0 Å². The molecule has 5 nitrogen and oxygen atoms in total. The second-order valence-electron chi connectivity index (χ2n) is 5.01. The number of carboxylic acid groups (broad SMARTS) is 1. The van der Waals surface area contributed by atoms with E-state index in [-0.39, 0.29) is 23.8 Å². The maximum atomic E-state index is 12.5. The van der Waals surface area contributed by atoms with Gasteiger partial charge in [-0.1, -0.05) is 30.3 Å². The largest absolute Gasteiger partial charge is 0.478 e. The fourth-order valence-electron chi connectivity index (χ4n) is 2.44. The van der Waals surface area contributed by atoms with Crippen molar-refractivity contribution in [3.63, 3.8) is 0 Å². The highest BCUT2D eigenvalue weighted by Crippen LogP contribution is 2.35. The summed E-state index contributed by atoms with van der Waals surface area (Å²) in [7, 11) is 0. The molecule has 0 saturated carbocycles. The van der Waals surface area contributed by atoms with Crippen LogP contribution >= 0.6 is 11.8 Å². The van der Waals surface area contributed by atoms with Gasteiger partial charge in [0.2, 0.25) is 11.8 Å². The van der Waals surface area contributed by atoms with Crippen LogP contribution in [0.15, 0.2) is 59.5 Å². The zero-order chi connectivity index (χ0) is 16.4. The number of carbonyl (C=O) groups is 3. The Hall–Kier alpha value is -2.60. The summed E-state index contributed by atoms with van der Waals surface area (Å²) in [6, 6.07) is 15.2. The summed E-state index contributed by atoms with van der Waals surface area (Å²) in [4.78, 5) is 37.6. The second-order valence-corrected chi connectivity index (χ2v) is 6.26. The second kappa shape index (κ2) is 6.26. The van der Waals surface area contributed by atoms with Gasteiger partial charge in [-0.05, 0) is 24.3 Å². The number of imide groups is 1. The minimum atomic E-state index is -1.05. The predicted molar refractivity (Wildman–Crippen MR) is 86.6 cm³/mol. The van der Waals surface area contributed by atoms with E-state index in [0.717, 1.165) is 11.8 Å². The Morgan fingerprint density at radius 3 is 2.39 bits per heavy atom. The first-order valence-electron chi connectivity index (χ1n) is 6.99. The average molecular weight is 327 g/mol. The van der Waals surface area contributed by atoms with E-state index in [1.807, 2.05) is 6.07 Å². The van der Waals surface area contributed by atoms with Gasteiger partial charge >= 0.3 is 5.97 Å². The molecule has 1 atom stereocenters. The van der Waals surface area contributed by atoms with Crippen molar-refractivity contribution in [2.45, 2.75) is 16.6 Å². The van der Waals surface area contributed by atoms with E-state index >= 15 is 0 Å². The minimum absolute atomic E-state index is 0.0619. The molecule has 116 valence electrons. The smallest absolute Gasteiger partial charge is 0.336 e. The molecule has 0 bridgehead atoms. The van der Waals surface area contributed by atoms with Crippen molar-refractivity contribution < 1.29 is 19.5 Å². The van der Waals surface area contributed by atoms with E-state index < -0.39 is 11.2 Å². The van der Waals surface area contributed by atoms with E-state index in [4.69, 9.17) is 0 Å². The molecule has 1 heterocycles. The zero-order valence-corrected chi connectivity index (χ0v) is 12.8. The molecule has 2 aromatic rings. The highest BCUT2D eigenvalue weighted by Gasteiger charge is 2.40. The van der Waals surface area contributed by atoms with Crippen molar-refractivity contribution in [3.8, 4) is 0 Å². The SMILES string of the molecule is O=C(O)c1ccccc1S[C@H]1CC(=O)N(c2ccccc2)C1=O. The fourth-order valence-corrected chi connectivity index (χ4v) is 3.62. The van der Waals surface area contributed by atoms with E-state index in [9.17, 15) is 19.5 Å². The first kappa shape index (κ1) is 15.3. The molecule has 1 aliphatic rings. The fraction of sp³-hybridized carbons (Fsp3) is 0.118. The van der Waals surface area contributed by atoms with Crippen LogP contribution < -0.4 is 4.90 Å². The van der Waals surface area contributed by atoms with Crippen LogP contribution in [0.1, 0.15) is 16.8 Å². The Morgan fingerprint density at radius 2 is 1.70 bits per heavy atom. The molecule has 1 fully saturated rings. The number of benzene rings is 2. The molecule has 0 aromatic heterocycles. The standard InChI is InChI=1S/C17H13NO4S/c19-15-10-14(16(20)18(15)11-6-2-1-3-7-11)23-13-9-5-4-8-12(13)17(21)22/h1-9,14H,10H2,(H,21,22)/t14-/m0/s1. The number of amides is 2. The molecule has 1 N–H and O–H groups in total. The number of hydrogen-bond donors (Lipinski definition) is 1. The zero-order valence-electron chi connectivity index (χ0n) is 12.0. The molecule has 1 aliphatic heterocycles. The van der Waals surface area contributed by atoms with Gasteiger partial charge in [-0.15, -0.1) is 11.8 Å². The Kier molecular flexibility index (Phi) is 4.16. The maximum Gasteiger partial charge on any atom is 0.336 e. The van der Waals surface area contributed by atoms with E-state index in [2.05, 4.69) is 0 Å². The van der Waals surface area contributed by atoms with Crippen LogP contribution in [0.25, 0.3) is 0 Å². The van der Waals surface area contributed by atoms with E-state index in [1.165, 1.54) is 11.0 Å². The van der Waals surface area contributed by atoms with Gasteiger partial charge in [0.1, 0.15) is 0 Å². The number of carbonyl (C=O) groups excluding carboxylic acids is 2. The van der Waals surface area contributed by atoms with Gasteiger partial charge in [0.05, 0.1) is 16.5 Å². The lowest BCUT2D eigenvalue weighted by Gasteiger charge is -2.15. The number of nitrogens with zero attached hydrogens (tertiary/aromatic N) is 1. The third-order valence-electron chi connectivity index (χ3n) is 3.51. The van der Waals surface area contributed by atoms with E-state index in [1.54, 1.807) is 42.5 Å². The van der Waals surface area contributed by atoms with Gasteiger partial charge in [0, 0.05) is 11.3 Å². The lowest BCUT2D eigenvalue weighted by Crippen LogP contribution is -2.31. The molecular formula is C17H13NO4S. The van der Waals surface area contributed by atoms with E-state index in [0.29, 0.717) is 10.6 Å². The quantitative estimate of drug-likeness (QED) is 0.874. The van der Waals surface area contributed by atoms with Crippen molar-refractivity contribution >= 4 is 35.2 Å². The van der Waals surface area contributed by atoms with Gasteiger partial charge in [-0.2, -0.15) is 0 Å². The summed E-state index contributed by atoms with van der Waals surface area (Å²) < 4.78 is 0. The van der Waals surface area contributed by atoms with Gasteiger partial charge in [0.15, 0.2) is 0 Å². The van der Waals surface area contributed by atoms with Crippen molar-refractivity contribution in [2.24, 2.45) is 0 Å². The van der Waals surface area contributed by atoms with Crippen LogP contribution in [0.5, 0.6) is 0 Å². The lowest BCUT2D eigenvalue weighted by molar-refractivity contribution is -0.121. The molecule has 3 rings (SSSR count). The molecule has 2 amide bonds. The van der Waals surface area contributed by atoms with Crippen LogP contribution in [-0.2, 0) is 9.59 Å². The normalized spacial score (nSPS) is 17.6. The number of para-hydroxylation sites is 1. The average Bonchev–Trinajstić information content (AvgIpc) is 2.82.